The van der Waals surface area contributed by atoms with Crippen molar-refractivity contribution in [2.75, 3.05) is 0 Å². The molecule has 0 spiro atoms. The first-order valence-electron chi connectivity index (χ1n) is 4.91. The number of ether oxygens (including phenoxy) is 1. The summed E-state index contributed by atoms with van der Waals surface area (Å²) in [7, 11) is 0. The Morgan fingerprint density at radius 2 is 2.25 bits per heavy atom. The Balaban J connectivity index is 2.67. The normalized spacial score (nSPS) is 10.1. The van der Waals surface area contributed by atoms with Crippen molar-refractivity contribution in [1.82, 2.24) is 4.98 Å². The van der Waals surface area contributed by atoms with Gasteiger partial charge in [0.2, 0.25) is 0 Å². The van der Waals surface area contributed by atoms with E-state index in [4.69, 9.17) is 4.74 Å². The van der Waals surface area contributed by atoms with Crippen LogP contribution in [0.15, 0.2) is 37.0 Å². The Bertz CT molecular complexity index is 561. The van der Waals surface area contributed by atoms with Gasteiger partial charge in [-0.15, -0.1) is 0 Å². The summed E-state index contributed by atoms with van der Waals surface area (Å²) in [6.07, 6.45) is 3.39. The van der Waals surface area contributed by atoms with Crippen LogP contribution in [0.4, 0.5) is 0 Å². The highest BCUT2D eigenvalue weighted by molar-refractivity contribution is 5.91. The third-order valence-electron chi connectivity index (χ3n) is 2.24. The zero-order valence-electron chi connectivity index (χ0n) is 8.93. The van der Waals surface area contributed by atoms with Gasteiger partial charge in [0.1, 0.15) is 5.75 Å². The predicted molar refractivity (Wildman–Crippen MR) is 63.1 cm³/mol. The molecule has 1 aromatic heterocycles. The zero-order valence-corrected chi connectivity index (χ0v) is 8.93. The van der Waals surface area contributed by atoms with Crippen molar-refractivity contribution in [1.29, 1.82) is 0 Å². The van der Waals surface area contributed by atoms with Crippen LogP contribution in [-0.2, 0) is 4.79 Å². The van der Waals surface area contributed by atoms with Gasteiger partial charge in [-0.2, -0.15) is 0 Å². The minimum atomic E-state index is -0.341. The molecular weight excluding hydrogens is 202 g/mol. The number of aromatic nitrogens is 1. The lowest BCUT2D eigenvalue weighted by Gasteiger charge is -2.08. The first-order valence-corrected chi connectivity index (χ1v) is 4.91. The van der Waals surface area contributed by atoms with E-state index in [1.54, 1.807) is 18.3 Å². The second kappa shape index (κ2) is 4.14. The van der Waals surface area contributed by atoms with Gasteiger partial charge in [0, 0.05) is 24.1 Å². The molecule has 0 atom stereocenters. The SMILES string of the molecule is C=Cc1c(OC(C)=O)ccc2ncccc12. The zero-order chi connectivity index (χ0) is 11.5. The fraction of sp³-hybridized carbons (Fsp3) is 0.0769. The molecule has 3 nitrogen and oxygen atoms in total. The molecule has 0 aliphatic carbocycles. The minimum Gasteiger partial charge on any atom is -0.426 e. The van der Waals surface area contributed by atoms with E-state index >= 15 is 0 Å². The van der Waals surface area contributed by atoms with Gasteiger partial charge >= 0.3 is 5.97 Å². The maximum atomic E-state index is 10.9. The number of hydrogen-bond acceptors (Lipinski definition) is 3. The van der Waals surface area contributed by atoms with Crippen molar-refractivity contribution in [3.05, 3.63) is 42.6 Å². The molecule has 0 aliphatic rings. The summed E-state index contributed by atoms with van der Waals surface area (Å²) < 4.78 is 5.11. The summed E-state index contributed by atoms with van der Waals surface area (Å²) >= 11 is 0. The van der Waals surface area contributed by atoms with E-state index in [1.165, 1.54) is 6.92 Å². The quantitative estimate of drug-likeness (QED) is 0.568. The smallest absolute Gasteiger partial charge is 0.308 e. The lowest BCUT2D eigenvalue weighted by atomic mass is 10.1. The van der Waals surface area contributed by atoms with Crippen molar-refractivity contribution in [2.24, 2.45) is 0 Å². The van der Waals surface area contributed by atoms with E-state index in [2.05, 4.69) is 11.6 Å². The Hall–Kier alpha value is -2.16. The molecule has 0 amide bonds. The van der Waals surface area contributed by atoms with Crippen LogP contribution in [0.25, 0.3) is 17.0 Å². The highest BCUT2D eigenvalue weighted by Gasteiger charge is 2.07. The maximum Gasteiger partial charge on any atom is 0.308 e. The van der Waals surface area contributed by atoms with Crippen molar-refractivity contribution >= 4 is 22.9 Å². The summed E-state index contributed by atoms with van der Waals surface area (Å²) in [4.78, 5) is 15.2. The van der Waals surface area contributed by atoms with Crippen molar-refractivity contribution < 1.29 is 9.53 Å². The lowest BCUT2D eigenvalue weighted by Crippen LogP contribution is -2.03. The van der Waals surface area contributed by atoms with E-state index in [1.807, 2.05) is 18.2 Å². The summed E-state index contributed by atoms with van der Waals surface area (Å²) in [6.45, 7) is 5.11. The molecule has 2 rings (SSSR count). The molecule has 1 heterocycles. The van der Waals surface area contributed by atoms with Crippen molar-refractivity contribution in [3.8, 4) is 5.75 Å². The van der Waals surface area contributed by atoms with E-state index in [0.29, 0.717) is 5.75 Å². The van der Waals surface area contributed by atoms with Crippen molar-refractivity contribution in [2.45, 2.75) is 6.92 Å². The molecule has 1 aromatic carbocycles. The maximum absolute atomic E-state index is 10.9. The number of carbonyl (C=O) groups is 1. The number of esters is 1. The Morgan fingerprint density at radius 3 is 2.94 bits per heavy atom. The average Bonchev–Trinajstić information content (AvgIpc) is 2.28. The van der Waals surface area contributed by atoms with Crippen LogP contribution < -0.4 is 4.74 Å². The second-order valence-electron chi connectivity index (χ2n) is 3.35. The third-order valence-corrected chi connectivity index (χ3v) is 2.24. The molecule has 0 fully saturated rings. The van der Waals surface area contributed by atoms with Gasteiger partial charge in [-0.05, 0) is 18.2 Å². The number of benzene rings is 1. The molecule has 3 heteroatoms. The van der Waals surface area contributed by atoms with Crippen LogP contribution >= 0.6 is 0 Å². The summed E-state index contributed by atoms with van der Waals surface area (Å²) in [5.74, 6) is 0.175. The third kappa shape index (κ3) is 1.80. The minimum absolute atomic E-state index is 0.341. The van der Waals surface area contributed by atoms with Crippen LogP contribution in [0.2, 0.25) is 0 Å². The number of nitrogens with zero attached hydrogens (tertiary/aromatic N) is 1. The standard InChI is InChI=1S/C13H11NO2/c1-3-10-11-5-4-8-14-12(11)6-7-13(10)16-9(2)15/h3-8H,1H2,2H3. The summed E-state index contributed by atoms with van der Waals surface area (Å²) in [5, 5.41) is 0.927. The Kier molecular flexibility index (Phi) is 2.68. The molecule has 16 heavy (non-hydrogen) atoms. The Morgan fingerprint density at radius 1 is 1.44 bits per heavy atom. The van der Waals surface area contributed by atoms with Crippen LogP contribution in [0, 0.1) is 0 Å². The van der Waals surface area contributed by atoms with Gasteiger partial charge in [-0.3, -0.25) is 9.78 Å². The van der Waals surface area contributed by atoms with Gasteiger partial charge in [0.05, 0.1) is 5.52 Å². The second-order valence-corrected chi connectivity index (χ2v) is 3.35. The van der Waals surface area contributed by atoms with Crippen LogP contribution in [-0.4, -0.2) is 11.0 Å². The summed E-state index contributed by atoms with van der Waals surface area (Å²) in [6, 6.07) is 7.31. The van der Waals surface area contributed by atoms with Crippen LogP contribution in [0.5, 0.6) is 5.75 Å². The molecule has 0 radical (unpaired) electrons. The highest BCUT2D eigenvalue weighted by Crippen LogP contribution is 2.27. The molecular formula is C13H11NO2. The van der Waals surface area contributed by atoms with Gasteiger partial charge in [0.15, 0.2) is 0 Å². The number of pyridine rings is 1. The molecule has 0 aliphatic heterocycles. The van der Waals surface area contributed by atoms with Crippen LogP contribution in [0.3, 0.4) is 0 Å². The number of fused-ring (bicyclic) bond motifs is 1. The van der Waals surface area contributed by atoms with E-state index in [-0.39, 0.29) is 5.97 Å². The van der Waals surface area contributed by atoms with E-state index in [9.17, 15) is 4.79 Å². The molecule has 0 saturated heterocycles. The van der Waals surface area contributed by atoms with E-state index in [0.717, 1.165) is 16.5 Å². The predicted octanol–water partition coefficient (Wildman–Crippen LogP) is 2.80. The lowest BCUT2D eigenvalue weighted by molar-refractivity contribution is -0.131. The fourth-order valence-electron chi connectivity index (χ4n) is 1.61. The molecule has 0 saturated carbocycles. The largest absolute Gasteiger partial charge is 0.426 e. The highest BCUT2D eigenvalue weighted by atomic mass is 16.5. The molecule has 0 unspecified atom stereocenters. The van der Waals surface area contributed by atoms with Gasteiger partial charge in [-0.25, -0.2) is 0 Å². The van der Waals surface area contributed by atoms with Crippen LogP contribution in [0.1, 0.15) is 12.5 Å². The van der Waals surface area contributed by atoms with Crippen molar-refractivity contribution in [3.63, 3.8) is 0 Å². The first kappa shape index (κ1) is 10.4. The number of rotatable bonds is 2. The fourth-order valence-corrected chi connectivity index (χ4v) is 1.61. The number of hydrogen-bond donors (Lipinski definition) is 0. The first-order chi connectivity index (χ1) is 7.72. The molecule has 2 aromatic rings. The van der Waals surface area contributed by atoms with Gasteiger partial charge < -0.3 is 4.74 Å². The molecule has 0 N–H and O–H groups in total. The molecule has 0 bridgehead atoms. The average molecular weight is 213 g/mol. The number of carbonyl (C=O) groups excluding carboxylic acids is 1. The monoisotopic (exact) mass is 213 g/mol. The topological polar surface area (TPSA) is 39.2 Å². The molecule has 80 valence electrons. The summed E-state index contributed by atoms with van der Waals surface area (Å²) in [5.41, 5.74) is 1.65. The van der Waals surface area contributed by atoms with Gasteiger partial charge in [-0.1, -0.05) is 18.7 Å². The van der Waals surface area contributed by atoms with Gasteiger partial charge in [0.25, 0.3) is 0 Å². The Labute approximate surface area is 93.4 Å². The van der Waals surface area contributed by atoms with E-state index < -0.39 is 0 Å².